The summed E-state index contributed by atoms with van der Waals surface area (Å²) in [5, 5.41) is 0. The fourth-order valence-corrected chi connectivity index (χ4v) is 12.0. The summed E-state index contributed by atoms with van der Waals surface area (Å²) in [5.74, 6) is 0. The van der Waals surface area contributed by atoms with Gasteiger partial charge in [-0.15, -0.1) is 56.7 Å². The zero-order chi connectivity index (χ0) is 33.4. The van der Waals surface area contributed by atoms with Gasteiger partial charge in [-0.2, -0.15) is 0 Å². The van der Waals surface area contributed by atoms with Crippen LogP contribution in [0.2, 0.25) is 0 Å². The lowest BCUT2D eigenvalue weighted by molar-refractivity contribution is 0.667. The Balaban J connectivity index is 1.09. The van der Waals surface area contributed by atoms with Crippen LogP contribution in [0.5, 0.6) is 0 Å². The highest BCUT2D eigenvalue weighted by molar-refractivity contribution is 7.30. The highest BCUT2D eigenvalue weighted by atomic mass is 32.1. The topological polar surface area (TPSA) is 0 Å². The highest BCUT2D eigenvalue weighted by Gasteiger charge is 2.18. The number of thiophene rings is 5. The van der Waals surface area contributed by atoms with Gasteiger partial charge in [-0.25, -0.2) is 0 Å². The quantitative estimate of drug-likeness (QED) is 0.0868. The SMILES string of the molecule is CCCCCCc1ccc(-c2ccc(-c3ccc(-c4cc(CCCCCC)c(-c5ccc(-c6ccc(-c7ccccc7)s6)s5)s4)s3)s2)cc1. The first-order chi connectivity index (χ1) is 24.2. The zero-order valence-corrected chi connectivity index (χ0v) is 32.6. The van der Waals surface area contributed by atoms with Gasteiger partial charge >= 0.3 is 0 Å². The smallest absolute Gasteiger partial charge is 0.0481 e. The third kappa shape index (κ3) is 8.46. The summed E-state index contributed by atoms with van der Waals surface area (Å²) in [7, 11) is 0. The van der Waals surface area contributed by atoms with Gasteiger partial charge in [-0.05, 0) is 103 Å². The van der Waals surface area contributed by atoms with E-state index in [9.17, 15) is 0 Å². The maximum Gasteiger partial charge on any atom is 0.0481 e. The molecule has 0 saturated heterocycles. The van der Waals surface area contributed by atoms with E-state index in [1.165, 1.54) is 129 Å². The molecule has 250 valence electrons. The van der Waals surface area contributed by atoms with Gasteiger partial charge in [0.1, 0.15) is 0 Å². The molecule has 5 heterocycles. The van der Waals surface area contributed by atoms with E-state index in [0.717, 1.165) is 6.42 Å². The van der Waals surface area contributed by atoms with Crippen LogP contribution in [0.25, 0.3) is 59.9 Å². The van der Waals surface area contributed by atoms with Crippen molar-refractivity contribution in [2.75, 3.05) is 0 Å². The Bertz CT molecular complexity index is 2040. The van der Waals surface area contributed by atoms with Crippen molar-refractivity contribution in [2.24, 2.45) is 0 Å². The number of benzene rings is 2. The number of hydrogen-bond acceptors (Lipinski definition) is 5. The first-order valence-corrected chi connectivity index (χ1v) is 21.9. The maximum atomic E-state index is 2.50. The normalized spacial score (nSPS) is 11.5. The Morgan fingerprint density at radius 2 is 0.837 bits per heavy atom. The standard InChI is InChI=1S/C44H44S5/c1-3-5-7-10-14-31-18-20-33(21-19-31)36-23-25-37(46-36)39-26-27-41(47-39)43-30-34(17-11-8-6-4-2)44(49-43)42-29-28-40(48-42)38-24-22-35(45-38)32-15-12-9-13-16-32/h9,12-13,15-16,18-30H,3-8,10-11,14,17H2,1-2H3. The molecular formula is C44H44S5. The molecule has 0 radical (unpaired) electrons. The molecule has 0 amide bonds. The molecule has 7 aromatic rings. The van der Waals surface area contributed by atoms with Gasteiger partial charge in [0, 0.05) is 48.8 Å². The Morgan fingerprint density at radius 1 is 0.367 bits per heavy atom. The van der Waals surface area contributed by atoms with Crippen molar-refractivity contribution in [1.29, 1.82) is 0 Å². The fraction of sp³-hybridized carbons (Fsp3) is 0.273. The van der Waals surface area contributed by atoms with E-state index in [4.69, 9.17) is 0 Å². The Labute approximate surface area is 312 Å². The van der Waals surface area contributed by atoms with E-state index in [1.54, 1.807) is 0 Å². The predicted molar refractivity (Wildman–Crippen MR) is 224 cm³/mol. The zero-order valence-electron chi connectivity index (χ0n) is 28.5. The van der Waals surface area contributed by atoms with E-state index in [-0.39, 0.29) is 0 Å². The van der Waals surface area contributed by atoms with Gasteiger partial charge in [0.25, 0.3) is 0 Å². The van der Waals surface area contributed by atoms with Crippen LogP contribution in [-0.2, 0) is 12.8 Å². The molecule has 0 aliphatic carbocycles. The summed E-state index contributed by atoms with van der Waals surface area (Å²) in [6.45, 7) is 4.58. The summed E-state index contributed by atoms with van der Waals surface area (Å²) in [6, 6.07) is 41.1. The minimum Gasteiger partial charge on any atom is -0.134 e. The lowest BCUT2D eigenvalue weighted by atomic mass is 10.0. The molecule has 0 bridgehead atoms. The fourth-order valence-electron chi connectivity index (χ4n) is 6.33. The largest absolute Gasteiger partial charge is 0.134 e. The second kappa shape index (κ2) is 16.8. The van der Waals surface area contributed by atoms with E-state index >= 15 is 0 Å². The van der Waals surface area contributed by atoms with E-state index in [1.807, 2.05) is 56.7 Å². The van der Waals surface area contributed by atoms with Crippen LogP contribution in [0.4, 0.5) is 0 Å². The van der Waals surface area contributed by atoms with Gasteiger partial charge in [0.05, 0.1) is 0 Å². The average molecular weight is 733 g/mol. The lowest BCUT2D eigenvalue weighted by Gasteiger charge is -2.03. The molecule has 7 rings (SSSR count). The van der Waals surface area contributed by atoms with Crippen LogP contribution < -0.4 is 0 Å². The second-order valence-electron chi connectivity index (χ2n) is 12.8. The molecule has 0 N–H and O–H groups in total. The van der Waals surface area contributed by atoms with Crippen LogP contribution in [-0.4, -0.2) is 0 Å². The summed E-state index contributed by atoms with van der Waals surface area (Å²) in [4.78, 5) is 13.8. The van der Waals surface area contributed by atoms with Crippen molar-refractivity contribution in [3.63, 3.8) is 0 Å². The minimum absolute atomic E-state index is 1.15. The van der Waals surface area contributed by atoms with Crippen molar-refractivity contribution in [3.8, 4) is 59.9 Å². The summed E-state index contributed by atoms with van der Waals surface area (Å²) >= 11 is 9.69. The van der Waals surface area contributed by atoms with Crippen LogP contribution in [0.1, 0.15) is 76.3 Å². The molecule has 0 nitrogen and oxygen atoms in total. The molecule has 2 aromatic carbocycles. The number of unbranched alkanes of at least 4 members (excludes halogenated alkanes) is 6. The molecule has 0 aliphatic heterocycles. The van der Waals surface area contributed by atoms with Gasteiger partial charge in [-0.1, -0.05) is 107 Å². The number of aryl methyl sites for hydroxylation is 2. The second-order valence-corrected chi connectivity index (χ2v) is 18.2. The van der Waals surface area contributed by atoms with Crippen molar-refractivity contribution >= 4 is 56.7 Å². The lowest BCUT2D eigenvalue weighted by Crippen LogP contribution is -1.85. The van der Waals surface area contributed by atoms with Crippen LogP contribution in [0.15, 0.2) is 109 Å². The van der Waals surface area contributed by atoms with Crippen LogP contribution >= 0.6 is 56.7 Å². The summed E-state index contributed by atoms with van der Waals surface area (Å²) < 4.78 is 0. The van der Waals surface area contributed by atoms with Crippen molar-refractivity contribution in [1.82, 2.24) is 0 Å². The van der Waals surface area contributed by atoms with E-state index in [2.05, 4.69) is 123 Å². The predicted octanol–water partition coefficient (Wildman–Crippen LogP) is 16.2. The molecular weight excluding hydrogens is 689 g/mol. The Morgan fingerprint density at radius 3 is 1.43 bits per heavy atom. The maximum absolute atomic E-state index is 2.50. The minimum atomic E-state index is 1.15. The molecule has 0 saturated carbocycles. The van der Waals surface area contributed by atoms with Crippen molar-refractivity contribution in [2.45, 2.75) is 78.1 Å². The molecule has 0 aliphatic rings. The van der Waals surface area contributed by atoms with Gasteiger partial charge in [0.15, 0.2) is 0 Å². The van der Waals surface area contributed by atoms with Crippen molar-refractivity contribution in [3.05, 3.63) is 120 Å². The molecule has 0 atom stereocenters. The van der Waals surface area contributed by atoms with Crippen molar-refractivity contribution < 1.29 is 0 Å². The third-order valence-electron chi connectivity index (χ3n) is 9.10. The Kier molecular flexibility index (Phi) is 11.8. The summed E-state index contributed by atoms with van der Waals surface area (Å²) in [6.07, 6.45) is 12.8. The van der Waals surface area contributed by atoms with Gasteiger partial charge < -0.3 is 0 Å². The highest BCUT2D eigenvalue weighted by Crippen LogP contribution is 2.48. The third-order valence-corrected chi connectivity index (χ3v) is 15.5. The van der Waals surface area contributed by atoms with Crippen LogP contribution in [0, 0.1) is 0 Å². The van der Waals surface area contributed by atoms with Crippen LogP contribution in [0.3, 0.4) is 0 Å². The monoisotopic (exact) mass is 732 g/mol. The molecule has 0 fully saturated rings. The van der Waals surface area contributed by atoms with Gasteiger partial charge in [-0.3, -0.25) is 0 Å². The molecule has 5 heteroatoms. The molecule has 0 unspecified atom stereocenters. The first-order valence-electron chi connectivity index (χ1n) is 17.9. The van der Waals surface area contributed by atoms with Gasteiger partial charge in [0.2, 0.25) is 0 Å². The molecule has 49 heavy (non-hydrogen) atoms. The molecule has 0 spiro atoms. The summed E-state index contributed by atoms with van der Waals surface area (Å²) in [5.41, 5.74) is 5.60. The number of rotatable bonds is 16. The average Bonchev–Trinajstić information content (AvgIpc) is 3.98. The number of hydrogen-bond donors (Lipinski definition) is 0. The van der Waals surface area contributed by atoms with E-state index < -0.39 is 0 Å². The van der Waals surface area contributed by atoms with E-state index in [0.29, 0.717) is 0 Å². The first kappa shape index (κ1) is 34.4. The Hall–Kier alpha value is -3.06. The molecule has 5 aromatic heterocycles.